The van der Waals surface area contributed by atoms with Gasteiger partial charge < -0.3 is 0 Å². The maximum absolute atomic E-state index is 11.3. The summed E-state index contributed by atoms with van der Waals surface area (Å²) in [5, 5.41) is 0. The van der Waals surface area contributed by atoms with Crippen LogP contribution >= 0.6 is 0 Å². The molecule has 0 spiro atoms. The summed E-state index contributed by atoms with van der Waals surface area (Å²) in [6.07, 6.45) is 7.19. The summed E-state index contributed by atoms with van der Waals surface area (Å²) in [5.74, 6) is 1.87. The predicted molar refractivity (Wildman–Crippen MR) is 39.7 cm³/mol. The monoisotopic (exact) mass is 138 g/mol. The van der Waals surface area contributed by atoms with Crippen molar-refractivity contribution in [1.82, 2.24) is 0 Å². The molecule has 2 rings (SSSR count). The van der Waals surface area contributed by atoms with Crippen molar-refractivity contribution in [3.8, 4) is 0 Å². The van der Waals surface area contributed by atoms with Crippen LogP contribution < -0.4 is 0 Å². The Morgan fingerprint density at radius 3 is 2.50 bits per heavy atom. The van der Waals surface area contributed by atoms with Crippen molar-refractivity contribution >= 4 is 5.78 Å². The van der Waals surface area contributed by atoms with Crippen molar-refractivity contribution in [3.05, 3.63) is 0 Å². The van der Waals surface area contributed by atoms with Gasteiger partial charge >= 0.3 is 0 Å². The molecular formula is C9H14O. The molecule has 0 amide bonds. The van der Waals surface area contributed by atoms with Crippen LogP contribution in [0.2, 0.25) is 0 Å². The van der Waals surface area contributed by atoms with Gasteiger partial charge in [-0.15, -0.1) is 0 Å². The third-order valence-corrected chi connectivity index (χ3v) is 2.79. The topological polar surface area (TPSA) is 17.1 Å². The Bertz CT molecular complexity index is 147. The number of ketones is 1. The third kappa shape index (κ3) is 1.09. The molecule has 0 heterocycles. The number of carbonyl (C=O) groups excluding carboxylic acids is 1. The maximum atomic E-state index is 11.3. The van der Waals surface area contributed by atoms with Crippen LogP contribution in [0, 0.1) is 11.8 Å². The second-order valence-electron chi connectivity index (χ2n) is 3.66. The average Bonchev–Trinajstić information content (AvgIpc) is 2.71. The zero-order chi connectivity index (χ0) is 6.97. The number of carbonyl (C=O) groups is 1. The van der Waals surface area contributed by atoms with Crippen LogP contribution in [0.25, 0.3) is 0 Å². The standard InChI is InChI=1S/C9H14O/c10-9-4-2-1-3-8(9)7-5-6-7/h7-8H,1-6H2. The first-order chi connectivity index (χ1) is 4.88. The second kappa shape index (κ2) is 2.37. The first-order valence-electron chi connectivity index (χ1n) is 4.40. The van der Waals surface area contributed by atoms with E-state index in [2.05, 4.69) is 0 Å². The van der Waals surface area contributed by atoms with E-state index in [9.17, 15) is 4.79 Å². The first-order valence-corrected chi connectivity index (χ1v) is 4.40. The zero-order valence-electron chi connectivity index (χ0n) is 6.31. The van der Waals surface area contributed by atoms with Gasteiger partial charge in [0.25, 0.3) is 0 Å². The van der Waals surface area contributed by atoms with Crippen molar-refractivity contribution in [2.45, 2.75) is 38.5 Å². The number of hydrogen-bond donors (Lipinski definition) is 0. The highest BCUT2D eigenvalue weighted by molar-refractivity contribution is 5.82. The van der Waals surface area contributed by atoms with Crippen molar-refractivity contribution in [2.24, 2.45) is 11.8 Å². The summed E-state index contributed by atoms with van der Waals surface area (Å²) in [4.78, 5) is 11.3. The van der Waals surface area contributed by atoms with E-state index in [1.54, 1.807) is 0 Å². The summed E-state index contributed by atoms with van der Waals surface area (Å²) in [6, 6.07) is 0. The Labute approximate surface area is 61.8 Å². The van der Waals surface area contributed by atoms with Crippen molar-refractivity contribution in [1.29, 1.82) is 0 Å². The molecule has 2 aliphatic rings. The molecule has 2 fully saturated rings. The highest BCUT2D eigenvalue weighted by Crippen LogP contribution is 2.42. The SMILES string of the molecule is O=C1CCCCC1C1CC1. The first kappa shape index (κ1) is 6.38. The summed E-state index contributed by atoms with van der Waals surface area (Å²) in [5.41, 5.74) is 0. The quantitative estimate of drug-likeness (QED) is 0.542. The molecule has 1 nitrogen and oxygen atoms in total. The van der Waals surface area contributed by atoms with Gasteiger partial charge in [0.05, 0.1) is 0 Å². The molecule has 0 bridgehead atoms. The Morgan fingerprint density at radius 2 is 1.90 bits per heavy atom. The lowest BCUT2D eigenvalue weighted by atomic mass is 9.85. The van der Waals surface area contributed by atoms with Crippen LogP contribution in [0.4, 0.5) is 0 Å². The fourth-order valence-electron chi connectivity index (χ4n) is 2.01. The Morgan fingerprint density at radius 1 is 1.10 bits per heavy atom. The molecule has 0 radical (unpaired) electrons. The van der Waals surface area contributed by atoms with Gasteiger partial charge in [-0.1, -0.05) is 6.42 Å². The van der Waals surface area contributed by atoms with E-state index in [0.29, 0.717) is 11.7 Å². The number of Topliss-reactive ketones (excluding diaryl/α,β-unsaturated/α-hetero) is 1. The molecule has 10 heavy (non-hydrogen) atoms. The van der Waals surface area contributed by atoms with Crippen LogP contribution in [0.1, 0.15) is 38.5 Å². The Kier molecular flexibility index (Phi) is 1.51. The summed E-state index contributed by atoms with van der Waals surface area (Å²) in [7, 11) is 0. The number of rotatable bonds is 1. The van der Waals surface area contributed by atoms with Gasteiger partial charge in [0.2, 0.25) is 0 Å². The van der Waals surface area contributed by atoms with Gasteiger partial charge in [0, 0.05) is 12.3 Å². The van der Waals surface area contributed by atoms with Crippen LogP contribution in [-0.4, -0.2) is 5.78 Å². The summed E-state index contributed by atoms with van der Waals surface area (Å²) >= 11 is 0. The third-order valence-electron chi connectivity index (χ3n) is 2.79. The average molecular weight is 138 g/mol. The fraction of sp³-hybridized carbons (Fsp3) is 0.889. The predicted octanol–water partition coefficient (Wildman–Crippen LogP) is 2.16. The molecule has 0 aromatic heterocycles. The molecule has 0 saturated heterocycles. The molecule has 1 unspecified atom stereocenters. The lowest BCUT2D eigenvalue weighted by Crippen LogP contribution is -2.20. The Balaban J connectivity index is 1.96. The molecule has 0 aliphatic heterocycles. The highest BCUT2D eigenvalue weighted by atomic mass is 16.1. The summed E-state index contributed by atoms with van der Waals surface area (Å²) in [6.45, 7) is 0. The lowest BCUT2D eigenvalue weighted by Gasteiger charge is -2.19. The minimum Gasteiger partial charge on any atom is -0.299 e. The maximum Gasteiger partial charge on any atom is 0.136 e. The molecule has 56 valence electrons. The van der Waals surface area contributed by atoms with Gasteiger partial charge in [-0.25, -0.2) is 0 Å². The van der Waals surface area contributed by atoms with Crippen LogP contribution in [-0.2, 0) is 4.79 Å². The minimum atomic E-state index is 0.494. The van der Waals surface area contributed by atoms with Gasteiger partial charge in [0.1, 0.15) is 5.78 Å². The normalized spacial score (nSPS) is 34.4. The molecule has 0 aromatic carbocycles. The van der Waals surface area contributed by atoms with Gasteiger partial charge in [-0.05, 0) is 31.6 Å². The van der Waals surface area contributed by atoms with E-state index in [-0.39, 0.29) is 0 Å². The zero-order valence-corrected chi connectivity index (χ0v) is 6.31. The molecule has 2 aliphatic carbocycles. The molecular weight excluding hydrogens is 124 g/mol. The molecule has 1 heteroatoms. The van der Waals surface area contributed by atoms with Crippen LogP contribution in [0.5, 0.6) is 0 Å². The highest BCUT2D eigenvalue weighted by Gasteiger charge is 2.36. The number of hydrogen-bond acceptors (Lipinski definition) is 1. The minimum absolute atomic E-state index is 0.494. The molecule has 0 aromatic rings. The summed E-state index contributed by atoms with van der Waals surface area (Å²) < 4.78 is 0. The van der Waals surface area contributed by atoms with E-state index in [4.69, 9.17) is 0 Å². The largest absolute Gasteiger partial charge is 0.299 e. The van der Waals surface area contributed by atoms with Gasteiger partial charge in [-0.2, -0.15) is 0 Å². The van der Waals surface area contributed by atoms with Crippen LogP contribution in [0.3, 0.4) is 0 Å². The smallest absolute Gasteiger partial charge is 0.136 e. The van der Waals surface area contributed by atoms with E-state index in [1.165, 1.54) is 25.7 Å². The van der Waals surface area contributed by atoms with E-state index in [1.807, 2.05) is 0 Å². The van der Waals surface area contributed by atoms with Crippen molar-refractivity contribution < 1.29 is 4.79 Å². The van der Waals surface area contributed by atoms with Crippen molar-refractivity contribution in [3.63, 3.8) is 0 Å². The van der Waals surface area contributed by atoms with Gasteiger partial charge in [0.15, 0.2) is 0 Å². The second-order valence-corrected chi connectivity index (χ2v) is 3.66. The lowest BCUT2D eigenvalue weighted by molar-refractivity contribution is -0.125. The van der Waals surface area contributed by atoms with E-state index < -0.39 is 0 Å². The molecule has 1 atom stereocenters. The van der Waals surface area contributed by atoms with Gasteiger partial charge in [-0.3, -0.25) is 4.79 Å². The molecule has 2 saturated carbocycles. The van der Waals surface area contributed by atoms with Crippen LogP contribution in [0.15, 0.2) is 0 Å². The Hall–Kier alpha value is -0.330. The van der Waals surface area contributed by atoms with E-state index >= 15 is 0 Å². The fourth-order valence-corrected chi connectivity index (χ4v) is 2.01. The van der Waals surface area contributed by atoms with E-state index in [0.717, 1.165) is 18.8 Å². The molecule has 0 N–H and O–H groups in total. The van der Waals surface area contributed by atoms with Crippen molar-refractivity contribution in [2.75, 3.05) is 0 Å².